The average molecular weight is 147 g/mol. The van der Waals surface area contributed by atoms with Gasteiger partial charge in [-0.05, 0) is 13.5 Å². The summed E-state index contributed by atoms with van der Waals surface area (Å²) in [7, 11) is 1.98. The Hall–Kier alpha value is 0.310. The monoisotopic (exact) mass is 147 g/mol. The largest absolute Gasteiger partial charge is 0.267 e. The van der Waals surface area contributed by atoms with Crippen molar-refractivity contribution in [3.8, 4) is 0 Å². The highest BCUT2D eigenvalue weighted by Gasteiger charge is 1.85. The normalized spacial score (nSPS) is 10.0. The van der Waals surface area contributed by atoms with E-state index in [-0.39, 0.29) is 0 Å². The smallest absolute Gasteiger partial charge is 0.00785 e. The molecule has 0 aliphatic rings. The predicted molar refractivity (Wildman–Crippen MR) is 45.7 cm³/mol. The second-order valence-electron chi connectivity index (χ2n) is 2.11. The zero-order valence-electron chi connectivity index (χ0n) is 6.44. The zero-order chi connectivity index (χ0) is 6.95. The van der Waals surface area contributed by atoms with Crippen molar-refractivity contribution in [2.24, 2.45) is 0 Å². The molecular weight excluding hydrogens is 130 g/mol. The number of hydrogen-bond acceptors (Lipinski definition) is 2. The molecule has 0 aliphatic carbocycles. The Labute approximate surface area is 62.7 Å². The SMILES string of the molecule is CCCCCCSNC. The summed E-state index contributed by atoms with van der Waals surface area (Å²) >= 11 is 1.81. The topological polar surface area (TPSA) is 12.0 Å². The Morgan fingerprint density at radius 2 is 2.00 bits per heavy atom. The van der Waals surface area contributed by atoms with Gasteiger partial charge in [0.25, 0.3) is 0 Å². The molecule has 0 aliphatic heterocycles. The predicted octanol–water partition coefficient (Wildman–Crippen LogP) is 2.43. The van der Waals surface area contributed by atoms with Crippen molar-refractivity contribution in [3.05, 3.63) is 0 Å². The maximum Gasteiger partial charge on any atom is 0.00785 e. The van der Waals surface area contributed by atoms with E-state index in [1.807, 2.05) is 19.0 Å². The first kappa shape index (κ1) is 9.31. The molecule has 0 aromatic rings. The van der Waals surface area contributed by atoms with Crippen molar-refractivity contribution in [1.29, 1.82) is 0 Å². The minimum Gasteiger partial charge on any atom is -0.267 e. The Balaban J connectivity index is 2.60. The van der Waals surface area contributed by atoms with Crippen molar-refractivity contribution in [1.82, 2.24) is 4.72 Å². The molecular formula is C7H17NS. The minimum atomic E-state index is 1.26. The van der Waals surface area contributed by atoms with Crippen molar-refractivity contribution in [3.63, 3.8) is 0 Å². The third-order valence-corrected chi connectivity index (χ3v) is 2.03. The fraction of sp³-hybridized carbons (Fsp3) is 1.00. The summed E-state index contributed by atoms with van der Waals surface area (Å²) in [6.07, 6.45) is 5.49. The van der Waals surface area contributed by atoms with E-state index in [1.54, 1.807) is 0 Å². The molecule has 0 fully saturated rings. The molecule has 2 heteroatoms. The van der Waals surface area contributed by atoms with Crippen molar-refractivity contribution in [2.45, 2.75) is 32.6 Å². The Morgan fingerprint density at radius 3 is 2.56 bits per heavy atom. The lowest BCUT2D eigenvalue weighted by molar-refractivity contribution is 0.706. The molecule has 1 nitrogen and oxygen atoms in total. The highest BCUT2D eigenvalue weighted by molar-refractivity contribution is 7.97. The van der Waals surface area contributed by atoms with Crippen LogP contribution in [-0.2, 0) is 0 Å². The molecule has 0 bridgehead atoms. The maximum absolute atomic E-state index is 3.06. The Kier molecular flexibility index (Phi) is 8.60. The van der Waals surface area contributed by atoms with Crippen LogP contribution >= 0.6 is 11.9 Å². The molecule has 0 aromatic carbocycles. The third-order valence-electron chi connectivity index (χ3n) is 1.24. The highest BCUT2D eigenvalue weighted by atomic mass is 32.2. The third kappa shape index (κ3) is 8.31. The van der Waals surface area contributed by atoms with E-state index in [9.17, 15) is 0 Å². The van der Waals surface area contributed by atoms with Gasteiger partial charge in [-0.15, -0.1) is 0 Å². The van der Waals surface area contributed by atoms with Crippen LogP contribution in [0.15, 0.2) is 0 Å². The van der Waals surface area contributed by atoms with Gasteiger partial charge in [0, 0.05) is 5.75 Å². The van der Waals surface area contributed by atoms with Gasteiger partial charge in [-0.2, -0.15) is 0 Å². The second-order valence-corrected chi connectivity index (χ2v) is 3.22. The van der Waals surface area contributed by atoms with E-state index < -0.39 is 0 Å². The fourth-order valence-electron chi connectivity index (χ4n) is 0.703. The summed E-state index contributed by atoms with van der Waals surface area (Å²) in [5, 5.41) is 0. The Bertz CT molecular complexity index is 42.2. The molecule has 9 heavy (non-hydrogen) atoms. The van der Waals surface area contributed by atoms with Gasteiger partial charge in [-0.1, -0.05) is 38.1 Å². The number of rotatable bonds is 6. The van der Waals surface area contributed by atoms with Crippen LogP contribution in [0.25, 0.3) is 0 Å². The molecule has 0 spiro atoms. The van der Waals surface area contributed by atoms with Gasteiger partial charge in [0.2, 0.25) is 0 Å². The van der Waals surface area contributed by atoms with Crippen molar-refractivity contribution in [2.75, 3.05) is 12.8 Å². The molecule has 0 heterocycles. The molecule has 0 rings (SSSR count). The number of hydrogen-bond donors (Lipinski definition) is 1. The first-order valence-corrected chi connectivity index (χ1v) is 4.69. The van der Waals surface area contributed by atoms with Crippen LogP contribution in [0, 0.1) is 0 Å². The number of unbranched alkanes of at least 4 members (excludes halogenated alkanes) is 3. The molecule has 0 saturated heterocycles. The van der Waals surface area contributed by atoms with Crippen molar-refractivity contribution < 1.29 is 0 Å². The van der Waals surface area contributed by atoms with E-state index in [2.05, 4.69) is 11.6 Å². The summed E-state index contributed by atoms with van der Waals surface area (Å²) in [5.41, 5.74) is 0. The van der Waals surface area contributed by atoms with Crippen LogP contribution in [0.4, 0.5) is 0 Å². The summed E-state index contributed by atoms with van der Waals surface area (Å²) < 4.78 is 3.06. The van der Waals surface area contributed by atoms with Gasteiger partial charge in [0.1, 0.15) is 0 Å². The Morgan fingerprint density at radius 1 is 1.22 bits per heavy atom. The van der Waals surface area contributed by atoms with Gasteiger partial charge in [0.05, 0.1) is 0 Å². The quantitative estimate of drug-likeness (QED) is 0.457. The van der Waals surface area contributed by atoms with Crippen molar-refractivity contribution >= 4 is 11.9 Å². The van der Waals surface area contributed by atoms with Gasteiger partial charge in [0.15, 0.2) is 0 Å². The minimum absolute atomic E-state index is 1.26. The van der Waals surface area contributed by atoms with Gasteiger partial charge < -0.3 is 0 Å². The van der Waals surface area contributed by atoms with Crippen LogP contribution in [0.5, 0.6) is 0 Å². The van der Waals surface area contributed by atoms with Crippen LogP contribution in [0.1, 0.15) is 32.6 Å². The average Bonchev–Trinajstić information content (AvgIpc) is 1.89. The lowest BCUT2D eigenvalue weighted by atomic mass is 10.2. The molecule has 0 aromatic heterocycles. The first-order chi connectivity index (χ1) is 4.41. The van der Waals surface area contributed by atoms with Gasteiger partial charge in [-0.3, -0.25) is 4.72 Å². The number of nitrogens with one attached hydrogen (secondary N) is 1. The molecule has 56 valence electrons. The second kappa shape index (κ2) is 8.31. The highest BCUT2D eigenvalue weighted by Crippen LogP contribution is 2.02. The summed E-state index contributed by atoms with van der Waals surface area (Å²) in [4.78, 5) is 0. The summed E-state index contributed by atoms with van der Waals surface area (Å²) in [6, 6.07) is 0. The van der Waals surface area contributed by atoms with E-state index in [0.717, 1.165) is 0 Å². The van der Waals surface area contributed by atoms with E-state index in [0.29, 0.717) is 0 Å². The summed E-state index contributed by atoms with van der Waals surface area (Å²) in [5.74, 6) is 1.26. The lowest BCUT2D eigenvalue weighted by Crippen LogP contribution is -1.93. The van der Waals surface area contributed by atoms with Crippen LogP contribution < -0.4 is 4.72 Å². The van der Waals surface area contributed by atoms with Crippen LogP contribution in [-0.4, -0.2) is 12.8 Å². The first-order valence-electron chi connectivity index (χ1n) is 3.70. The summed E-state index contributed by atoms with van der Waals surface area (Å²) in [6.45, 7) is 2.24. The molecule has 1 N–H and O–H groups in total. The van der Waals surface area contributed by atoms with Crippen LogP contribution in [0.2, 0.25) is 0 Å². The van der Waals surface area contributed by atoms with E-state index >= 15 is 0 Å². The van der Waals surface area contributed by atoms with E-state index in [1.165, 1.54) is 31.4 Å². The van der Waals surface area contributed by atoms with Crippen LogP contribution in [0.3, 0.4) is 0 Å². The van der Waals surface area contributed by atoms with Gasteiger partial charge >= 0.3 is 0 Å². The fourth-order valence-corrected chi connectivity index (χ4v) is 1.26. The lowest BCUT2D eigenvalue weighted by Gasteiger charge is -1.96. The van der Waals surface area contributed by atoms with E-state index in [4.69, 9.17) is 0 Å². The van der Waals surface area contributed by atoms with Gasteiger partial charge in [-0.25, -0.2) is 0 Å². The maximum atomic E-state index is 3.06. The molecule has 0 amide bonds. The molecule has 0 radical (unpaired) electrons. The standard InChI is InChI=1S/C7H17NS/c1-3-4-5-6-7-9-8-2/h8H,3-7H2,1-2H3. The molecule has 0 saturated carbocycles. The molecule has 0 atom stereocenters. The zero-order valence-corrected chi connectivity index (χ0v) is 7.26. The molecule has 0 unspecified atom stereocenters.